The third kappa shape index (κ3) is 1.70. The molecule has 1 aromatic carbocycles. The number of hydrogen-bond donors (Lipinski definition) is 1. The van der Waals surface area contributed by atoms with Gasteiger partial charge in [0.2, 0.25) is 0 Å². The topological polar surface area (TPSA) is 38.4 Å². The predicted molar refractivity (Wildman–Crippen MR) is 58.8 cm³/mol. The number of nitrogens with zero attached hydrogens (tertiary/aromatic N) is 1. The van der Waals surface area contributed by atoms with Crippen LogP contribution in [-0.2, 0) is 0 Å². The highest BCUT2D eigenvalue weighted by molar-refractivity contribution is 7.17. The molecule has 0 spiro atoms. The lowest BCUT2D eigenvalue weighted by Gasteiger charge is -1.94. The molecular weight excluding hydrogens is 180 g/mol. The first-order chi connectivity index (χ1) is 6.25. The van der Waals surface area contributed by atoms with Gasteiger partial charge in [-0.2, -0.15) is 0 Å². The van der Waals surface area contributed by atoms with Crippen LogP contribution in [0.5, 0.6) is 0 Å². The smallest absolute Gasteiger partial charge is 0.0964 e. The van der Waals surface area contributed by atoms with Gasteiger partial charge >= 0.3 is 0 Å². The molecule has 2 aromatic rings. The quantitative estimate of drug-likeness (QED) is 0.545. The van der Waals surface area contributed by atoms with E-state index in [1.807, 2.05) is 12.1 Å². The molecule has 0 saturated carbocycles. The van der Waals surface area contributed by atoms with Crippen LogP contribution in [0.2, 0.25) is 0 Å². The standard InChI is InChI=1S/C10H10N2S/c1-7(11)12-9-2-3-10-8(6-9)4-5-13-10/h2-6H,1H3,(H2,11,12). The first kappa shape index (κ1) is 8.26. The Bertz CT molecular complexity index is 453. The fourth-order valence-corrected chi connectivity index (χ4v) is 2.00. The van der Waals surface area contributed by atoms with E-state index in [0.717, 1.165) is 5.69 Å². The Labute approximate surface area is 80.7 Å². The summed E-state index contributed by atoms with van der Waals surface area (Å²) in [7, 11) is 0. The Morgan fingerprint density at radius 3 is 3.00 bits per heavy atom. The average Bonchev–Trinajstić information content (AvgIpc) is 2.49. The van der Waals surface area contributed by atoms with Gasteiger partial charge in [-0.05, 0) is 42.0 Å². The highest BCUT2D eigenvalue weighted by Crippen LogP contribution is 2.25. The van der Waals surface area contributed by atoms with Crippen molar-refractivity contribution in [3.05, 3.63) is 29.6 Å². The van der Waals surface area contributed by atoms with Crippen LogP contribution in [0.4, 0.5) is 5.69 Å². The second-order valence-corrected chi connectivity index (χ2v) is 3.84. The summed E-state index contributed by atoms with van der Waals surface area (Å²) >= 11 is 1.74. The largest absolute Gasteiger partial charge is 0.387 e. The van der Waals surface area contributed by atoms with Crippen molar-refractivity contribution >= 4 is 32.9 Å². The van der Waals surface area contributed by atoms with Gasteiger partial charge in [0.25, 0.3) is 0 Å². The summed E-state index contributed by atoms with van der Waals surface area (Å²) < 4.78 is 1.29. The van der Waals surface area contributed by atoms with Crippen LogP contribution in [0, 0.1) is 0 Å². The van der Waals surface area contributed by atoms with Gasteiger partial charge in [0.1, 0.15) is 0 Å². The highest BCUT2D eigenvalue weighted by atomic mass is 32.1. The summed E-state index contributed by atoms with van der Waals surface area (Å²) in [5.41, 5.74) is 6.42. The SMILES string of the molecule is CC(N)=Nc1ccc2sccc2c1. The van der Waals surface area contributed by atoms with Crippen LogP contribution in [-0.4, -0.2) is 5.84 Å². The molecule has 0 atom stereocenters. The van der Waals surface area contributed by atoms with Crippen molar-refractivity contribution < 1.29 is 0 Å². The summed E-state index contributed by atoms with van der Waals surface area (Å²) in [5.74, 6) is 0.592. The number of hydrogen-bond acceptors (Lipinski definition) is 2. The molecule has 66 valence electrons. The molecule has 0 amide bonds. The minimum Gasteiger partial charge on any atom is -0.387 e. The molecule has 2 nitrogen and oxygen atoms in total. The maximum absolute atomic E-state index is 5.50. The van der Waals surface area contributed by atoms with Crippen molar-refractivity contribution in [3.63, 3.8) is 0 Å². The van der Waals surface area contributed by atoms with Gasteiger partial charge in [0, 0.05) is 4.70 Å². The van der Waals surface area contributed by atoms with Crippen molar-refractivity contribution in [3.8, 4) is 0 Å². The molecule has 0 fully saturated rings. The number of rotatable bonds is 1. The van der Waals surface area contributed by atoms with Crippen LogP contribution < -0.4 is 5.73 Å². The molecule has 0 aliphatic rings. The van der Waals surface area contributed by atoms with Crippen molar-refractivity contribution in [2.24, 2.45) is 10.7 Å². The van der Waals surface area contributed by atoms with Crippen molar-refractivity contribution in [1.29, 1.82) is 0 Å². The van der Waals surface area contributed by atoms with Crippen LogP contribution in [0.3, 0.4) is 0 Å². The Balaban J connectivity index is 2.54. The predicted octanol–water partition coefficient (Wildman–Crippen LogP) is 2.91. The van der Waals surface area contributed by atoms with Crippen LogP contribution in [0.15, 0.2) is 34.6 Å². The van der Waals surface area contributed by atoms with Gasteiger partial charge < -0.3 is 5.73 Å². The van der Waals surface area contributed by atoms with E-state index in [1.54, 1.807) is 18.3 Å². The van der Waals surface area contributed by atoms with E-state index in [-0.39, 0.29) is 0 Å². The third-order valence-corrected chi connectivity index (χ3v) is 2.64. The number of thiophene rings is 1. The summed E-state index contributed by atoms with van der Waals surface area (Å²) in [4.78, 5) is 4.19. The average molecular weight is 190 g/mol. The van der Waals surface area contributed by atoms with Gasteiger partial charge in [0.05, 0.1) is 11.5 Å². The number of amidine groups is 1. The monoisotopic (exact) mass is 190 g/mol. The molecule has 0 aliphatic carbocycles. The Morgan fingerprint density at radius 1 is 1.38 bits per heavy atom. The van der Waals surface area contributed by atoms with Gasteiger partial charge in [-0.3, -0.25) is 0 Å². The molecule has 13 heavy (non-hydrogen) atoms. The Morgan fingerprint density at radius 2 is 2.23 bits per heavy atom. The number of aliphatic imine (C=N–C) groups is 1. The molecule has 0 unspecified atom stereocenters. The van der Waals surface area contributed by atoms with Gasteiger partial charge in [0.15, 0.2) is 0 Å². The lowest BCUT2D eigenvalue weighted by atomic mass is 10.2. The van der Waals surface area contributed by atoms with Crippen molar-refractivity contribution in [2.75, 3.05) is 0 Å². The molecule has 1 heterocycles. The summed E-state index contributed by atoms with van der Waals surface area (Å²) in [6.07, 6.45) is 0. The maximum Gasteiger partial charge on any atom is 0.0964 e. The van der Waals surface area contributed by atoms with E-state index in [4.69, 9.17) is 5.73 Å². The van der Waals surface area contributed by atoms with E-state index >= 15 is 0 Å². The van der Waals surface area contributed by atoms with Gasteiger partial charge in [-0.1, -0.05) is 0 Å². The van der Waals surface area contributed by atoms with E-state index in [0.29, 0.717) is 5.84 Å². The van der Waals surface area contributed by atoms with Crippen LogP contribution in [0.1, 0.15) is 6.92 Å². The van der Waals surface area contributed by atoms with Crippen molar-refractivity contribution in [2.45, 2.75) is 6.92 Å². The highest BCUT2D eigenvalue weighted by Gasteiger charge is 1.95. The van der Waals surface area contributed by atoms with Crippen molar-refractivity contribution in [1.82, 2.24) is 0 Å². The molecule has 0 bridgehead atoms. The number of benzene rings is 1. The fraction of sp³-hybridized carbons (Fsp3) is 0.100. The third-order valence-electron chi connectivity index (χ3n) is 1.74. The normalized spacial score (nSPS) is 12.2. The molecule has 0 aliphatic heterocycles. The zero-order chi connectivity index (χ0) is 9.26. The Hall–Kier alpha value is -1.35. The van der Waals surface area contributed by atoms with Gasteiger partial charge in [-0.15, -0.1) is 11.3 Å². The van der Waals surface area contributed by atoms with E-state index in [9.17, 15) is 0 Å². The molecule has 2 rings (SSSR count). The fourth-order valence-electron chi connectivity index (χ4n) is 1.23. The first-order valence-corrected chi connectivity index (χ1v) is 4.92. The second-order valence-electron chi connectivity index (χ2n) is 2.90. The molecule has 0 radical (unpaired) electrons. The molecular formula is C10H10N2S. The van der Waals surface area contributed by atoms with Crippen LogP contribution in [0.25, 0.3) is 10.1 Å². The van der Waals surface area contributed by atoms with E-state index in [1.165, 1.54) is 10.1 Å². The molecule has 3 heteroatoms. The van der Waals surface area contributed by atoms with E-state index < -0.39 is 0 Å². The lowest BCUT2D eigenvalue weighted by Crippen LogP contribution is -2.03. The van der Waals surface area contributed by atoms with Crippen LogP contribution >= 0.6 is 11.3 Å². The first-order valence-electron chi connectivity index (χ1n) is 4.04. The summed E-state index contributed by atoms with van der Waals surface area (Å²) in [6.45, 7) is 1.79. The summed E-state index contributed by atoms with van der Waals surface area (Å²) in [6, 6.07) is 8.18. The Kier molecular flexibility index (Phi) is 2.02. The maximum atomic E-state index is 5.50. The minimum absolute atomic E-state index is 0.592. The minimum atomic E-state index is 0.592. The molecule has 1 aromatic heterocycles. The molecule has 0 saturated heterocycles. The zero-order valence-corrected chi connectivity index (χ0v) is 8.14. The molecule has 2 N–H and O–H groups in total. The zero-order valence-electron chi connectivity index (χ0n) is 7.32. The lowest BCUT2D eigenvalue weighted by molar-refractivity contribution is 1.47. The summed E-state index contributed by atoms with van der Waals surface area (Å²) in [5, 5.41) is 3.31. The van der Waals surface area contributed by atoms with Gasteiger partial charge in [-0.25, -0.2) is 4.99 Å². The second kappa shape index (κ2) is 3.18. The number of fused-ring (bicyclic) bond motifs is 1. The number of nitrogens with two attached hydrogens (primary N) is 1. The van der Waals surface area contributed by atoms with E-state index in [2.05, 4.69) is 22.5 Å².